The van der Waals surface area contributed by atoms with Crippen LogP contribution in [-0.4, -0.2) is 23.9 Å². The Labute approximate surface area is 292 Å². The smallest absolute Gasteiger partial charge is 0.232 e. The zero-order valence-corrected chi connectivity index (χ0v) is 27.9. The number of allylic oxidation sites excluding steroid dienone is 3. The molecule has 0 amide bonds. The van der Waals surface area contributed by atoms with Gasteiger partial charge in [-0.15, -0.1) is 0 Å². The van der Waals surface area contributed by atoms with Gasteiger partial charge in [0.25, 0.3) is 0 Å². The lowest BCUT2D eigenvalue weighted by Gasteiger charge is -2.09. The molecule has 0 atom stereocenters. The van der Waals surface area contributed by atoms with Crippen molar-refractivity contribution < 1.29 is 8.83 Å². The van der Waals surface area contributed by atoms with Crippen molar-refractivity contribution in [3.8, 4) is 28.2 Å². The van der Waals surface area contributed by atoms with Gasteiger partial charge >= 0.3 is 0 Å². The Balaban J connectivity index is 1.14. The molecular formula is C44H31N5O2. The maximum atomic E-state index is 6.49. The van der Waals surface area contributed by atoms with Crippen LogP contribution in [0.1, 0.15) is 25.5 Å². The molecule has 0 N–H and O–H groups in total. The van der Waals surface area contributed by atoms with Gasteiger partial charge in [-0.25, -0.2) is 19.4 Å². The molecule has 10 aromatic rings. The van der Waals surface area contributed by atoms with Gasteiger partial charge in [-0.1, -0.05) is 98.8 Å². The molecule has 5 aromatic heterocycles. The molecule has 0 bridgehead atoms. The van der Waals surface area contributed by atoms with Gasteiger partial charge in [-0.2, -0.15) is 0 Å². The summed E-state index contributed by atoms with van der Waals surface area (Å²) in [5, 5.41) is 2.01. The average molecular weight is 662 g/mol. The maximum absolute atomic E-state index is 6.49. The molecule has 0 saturated heterocycles. The van der Waals surface area contributed by atoms with Crippen LogP contribution in [0, 0.1) is 0 Å². The van der Waals surface area contributed by atoms with Crippen LogP contribution in [0.25, 0.3) is 94.9 Å². The van der Waals surface area contributed by atoms with E-state index in [0.29, 0.717) is 11.4 Å². The summed E-state index contributed by atoms with van der Waals surface area (Å²) in [4.78, 5) is 15.4. The number of furan rings is 2. The number of para-hydroxylation sites is 3. The van der Waals surface area contributed by atoms with E-state index in [9.17, 15) is 0 Å². The molecular weight excluding hydrogens is 631 g/mol. The lowest BCUT2D eigenvalue weighted by molar-refractivity contribution is 0.651. The van der Waals surface area contributed by atoms with Crippen molar-refractivity contribution in [1.82, 2.24) is 23.9 Å². The zero-order valence-electron chi connectivity index (χ0n) is 27.9. The minimum Gasteiger partial charge on any atom is -0.452 e. The second-order valence-electron chi connectivity index (χ2n) is 12.8. The maximum Gasteiger partial charge on any atom is 0.232 e. The minimum atomic E-state index is 0.633. The highest BCUT2D eigenvalue weighted by Crippen LogP contribution is 2.38. The fraction of sp³-hybridized carbons (Fsp3) is 0.0682. The molecule has 5 heterocycles. The number of hydrogen-bond acceptors (Lipinski definition) is 5. The Bertz CT molecular complexity index is 3010. The fourth-order valence-electron chi connectivity index (χ4n) is 7.24. The summed E-state index contributed by atoms with van der Waals surface area (Å²) in [6, 6.07) is 41.3. The van der Waals surface area contributed by atoms with Crippen molar-refractivity contribution in [3.63, 3.8) is 0 Å². The molecule has 0 unspecified atom stereocenters. The van der Waals surface area contributed by atoms with Gasteiger partial charge < -0.3 is 8.83 Å². The normalized spacial score (nSPS) is 12.4. The highest BCUT2D eigenvalue weighted by atomic mass is 16.3. The minimum absolute atomic E-state index is 0.633. The first kappa shape index (κ1) is 29.2. The van der Waals surface area contributed by atoms with E-state index in [4.69, 9.17) is 23.8 Å². The van der Waals surface area contributed by atoms with Crippen LogP contribution < -0.4 is 0 Å². The van der Waals surface area contributed by atoms with E-state index < -0.39 is 0 Å². The van der Waals surface area contributed by atoms with Gasteiger partial charge in [0.1, 0.15) is 27.9 Å². The predicted molar refractivity (Wildman–Crippen MR) is 206 cm³/mol. The van der Waals surface area contributed by atoms with Crippen LogP contribution in [0.15, 0.2) is 149 Å². The third-order valence-corrected chi connectivity index (χ3v) is 9.65. The van der Waals surface area contributed by atoms with Crippen LogP contribution in [0.2, 0.25) is 0 Å². The molecule has 5 aromatic carbocycles. The fourth-order valence-corrected chi connectivity index (χ4v) is 7.24. The van der Waals surface area contributed by atoms with Crippen LogP contribution in [0.4, 0.5) is 0 Å². The van der Waals surface area contributed by atoms with Gasteiger partial charge in [0.15, 0.2) is 11.4 Å². The van der Waals surface area contributed by atoms with Crippen LogP contribution in [0.5, 0.6) is 0 Å². The number of nitrogens with zero attached hydrogens (tertiary/aromatic N) is 5. The highest BCUT2D eigenvalue weighted by molar-refractivity contribution is 6.07. The van der Waals surface area contributed by atoms with Crippen molar-refractivity contribution in [3.05, 3.63) is 146 Å². The average Bonchev–Trinajstić information content (AvgIpc) is 3.93. The largest absolute Gasteiger partial charge is 0.452 e. The van der Waals surface area contributed by atoms with Crippen LogP contribution >= 0.6 is 0 Å². The summed E-state index contributed by atoms with van der Waals surface area (Å²) in [5.74, 6) is 1.44. The molecule has 0 spiro atoms. The van der Waals surface area contributed by atoms with Gasteiger partial charge in [0, 0.05) is 22.0 Å². The van der Waals surface area contributed by atoms with Crippen molar-refractivity contribution in [2.45, 2.75) is 19.8 Å². The first-order valence-corrected chi connectivity index (χ1v) is 17.2. The summed E-state index contributed by atoms with van der Waals surface area (Å²) in [6.07, 6.45) is 5.97. The molecule has 244 valence electrons. The van der Waals surface area contributed by atoms with Crippen molar-refractivity contribution in [2.75, 3.05) is 0 Å². The van der Waals surface area contributed by atoms with Crippen LogP contribution in [0.3, 0.4) is 0 Å². The lowest BCUT2D eigenvalue weighted by atomic mass is 10.0. The Morgan fingerprint density at radius 2 is 1.47 bits per heavy atom. The zero-order chi connectivity index (χ0) is 34.1. The van der Waals surface area contributed by atoms with Gasteiger partial charge in [-0.3, -0.25) is 4.57 Å². The number of fused-ring (bicyclic) bond motifs is 10. The Morgan fingerprint density at radius 1 is 0.725 bits per heavy atom. The van der Waals surface area contributed by atoms with E-state index >= 15 is 0 Å². The van der Waals surface area contributed by atoms with E-state index in [0.717, 1.165) is 102 Å². The summed E-state index contributed by atoms with van der Waals surface area (Å²) in [7, 11) is 0. The van der Waals surface area contributed by atoms with Crippen molar-refractivity contribution in [2.24, 2.45) is 0 Å². The molecule has 0 saturated carbocycles. The van der Waals surface area contributed by atoms with Gasteiger partial charge in [-0.05, 0) is 77.7 Å². The molecule has 0 aliphatic carbocycles. The standard InChI is InChI=1S/C44H31N5O2/c1-3-5-14-27(4-2)38-41-39(32-19-9-11-21-36(32)50-41)47-42(46-38)30-16-13-15-28(25-30)29-23-24-35-34(26-29)45-44-48(31-17-7-6-8-18-31)40-33-20-10-12-22-37(33)51-43(40)49(35)44/h4,6-26H,2-3,5H2,1H3/b27-14+. The third kappa shape index (κ3) is 4.48. The second kappa shape index (κ2) is 11.4. The Kier molecular flexibility index (Phi) is 6.54. The second-order valence-corrected chi connectivity index (χ2v) is 12.8. The SMILES string of the molecule is C=C/C(=C\CCC)c1nc(-c2cccc(-c3ccc4c(c3)nc3n(-c5ccccc5)c5c6ccccc6oc5n43)c2)nc2c1oc1ccccc12. The Hall–Kier alpha value is -6.73. The number of benzene rings is 5. The first-order valence-electron chi connectivity index (χ1n) is 17.2. The quantitative estimate of drug-likeness (QED) is 0.159. The van der Waals surface area contributed by atoms with Crippen molar-refractivity contribution >= 4 is 66.7 Å². The number of hydrogen-bond donors (Lipinski definition) is 0. The van der Waals surface area contributed by atoms with E-state index in [1.807, 2.05) is 66.7 Å². The monoisotopic (exact) mass is 661 g/mol. The van der Waals surface area contributed by atoms with Crippen molar-refractivity contribution in [1.29, 1.82) is 0 Å². The molecule has 7 heteroatoms. The number of rotatable bonds is 7. The van der Waals surface area contributed by atoms with E-state index in [-0.39, 0.29) is 0 Å². The lowest BCUT2D eigenvalue weighted by Crippen LogP contribution is -1.96. The summed E-state index contributed by atoms with van der Waals surface area (Å²) >= 11 is 0. The first-order chi connectivity index (χ1) is 25.2. The number of imidazole rings is 2. The van der Waals surface area contributed by atoms with Crippen LogP contribution in [-0.2, 0) is 0 Å². The molecule has 7 nitrogen and oxygen atoms in total. The summed E-state index contributed by atoms with van der Waals surface area (Å²) in [6.45, 7) is 6.27. The van der Waals surface area contributed by atoms with E-state index in [1.54, 1.807) is 0 Å². The van der Waals surface area contributed by atoms with E-state index in [1.165, 1.54) is 0 Å². The van der Waals surface area contributed by atoms with Gasteiger partial charge in [0.2, 0.25) is 11.5 Å². The number of unbranched alkanes of at least 4 members (excludes halogenated alkanes) is 1. The Morgan fingerprint density at radius 3 is 2.29 bits per heavy atom. The molecule has 10 rings (SSSR count). The topological polar surface area (TPSA) is 74.3 Å². The highest BCUT2D eigenvalue weighted by Gasteiger charge is 2.23. The summed E-state index contributed by atoms with van der Waals surface area (Å²) < 4.78 is 17.2. The molecule has 0 aliphatic heterocycles. The summed E-state index contributed by atoms with van der Waals surface area (Å²) in [5.41, 5.74) is 12.4. The molecule has 0 aliphatic rings. The van der Waals surface area contributed by atoms with E-state index in [2.05, 4.69) is 89.2 Å². The number of aromatic nitrogens is 5. The molecule has 0 radical (unpaired) electrons. The molecule has 51 heavy (non-hydrogen) atoms. The third-order valence-electron chi connectivity index (χ3n) is 9.65. The van der Waals surface area contributed by atoms with Gasteiger partial charge in [0.05, 0.1) is 11.0 Å². The molecule has 0 fully saturated rings. The predicted octanol–water partition coefficient (Wildman–Crippen LogP) is 11.6.